The Hall–Kier alpha value is -1.06. The summed E-state index contributed by atoms with van der Waals surface area (Å²) in [5.41, 5.74) is 0. The van der Waals surface area contributed by atoms with Crippen molar-refractivity contribution in [1.29, 1.82) is 0 Å². The molecule has 0 aromatic heterocycles. The van der Waals surface area contributed by atoms with Crippen LogP contribution in [-0.4, -0.2) is 23.1 Å². The van der Waals surface area contributed by atoms with E-state index in [0.29, 0.717) is 37.5 Å². The molecule has 2 aliphatic rings. The van der Waals surface area contributed by atoms with Crippen LogP contribution in [0.2, 0.25) is 0 Å². The van der Waals surface area contributed by atoms with E-state index in [1.807, 2.05) is 27.7 Å². The van der Waals surface area contributed by atoms with Crippen LogP contribution in [0.1, 0.15) is 79.1 Å². The molecule has 0 atom stereocenters. The number of carbonyl (C=O) groups is 4. The summed E-state index contributed by atoms with van der Waals surface area (Å²) >= 11 is 0. The van der Waals surface area contributed by atoms with Gasteiger partial charge in [0.2, 0.25) is 0 Å². The fourth-order valence-corrected chi connectivity index (χ4v) is 2.97. The first-order chi connectivity index (χ1) is 11.3. The molecule has 5 heteroatoms. The molecule has 4 nitrogen and oxygen atoms in total. The molecular formula is C20H30CuO4. The van der Waals surface area contributed by atoms with Gasteiger partial charge < -0.3 is 19.2 Å². The van der Waals surface area contributed by atoms with Gasteiger partial charge in [-0.15, -0.1) is 0 Å². The van der Waals surface area contributed by atoms with E-state index >= 15 is 0 Å². The number of carbonyl (C=O) groups excluding carboxylic acids is 4. The van der Waals surface area contributed by atoms with Gasteiger partial charge in [0.25, 0.3) is 0 Å². The molecule has 0 bridgehead atoms. The second-order valence-electron chi connectivity index (χ2n) is 7.26. The van der Waals surface area contributed by atoms with Crippen LogP contribution in [0.15, 0.2) is 0 Å². The number of Topliss-reactive ketones (excluding diaryl/α,β-unsaturated/α-hetero) is 4. The van der Waals surface area contributed by atoms with E-state index < -0.39 is 0 Å². The minimum atomic E-state index is -0.0259. The van der Waals surface area contributed by atoms with E-state index in [1.165, 1.54) is 0 Å². The molecule has 0 heterocycles. The van der Waals surface area contributed by atoms with E-state index in [2.05, 4.69) is 0 Å². The van der Waals surface area contributed by atoms with Crippen molar-refractivity contribution < 1.29 is 36.2 Å². The van der Waals surface area contributed by atoms with E-state index in [1.54, 1.807) is 0 Å². The molecule has 0 spiro atoms. The fourth-order valence-electron chi connectivity index (χ4n) is 2.97. The summed E-state index contributed by atoms with van der Waals surface area (Å²) in [7, 11) is 0. The number of rotatable bonds is 4. The van der Waals surface area contributed by atoms with Crippen molar-refractivity contribution in [2.24, 2.45) is 11.8 Å². The largest absolute Gasteiger partial charge is 2.00 e. The molecule has 0 aromatic carbocycles. The molecule has 145 valence electrons. The second kappa shape index (κ2) is 11.5. The smallest absolute Gasteiger partial charge is 0.334 e. The van der Waals surface area contributed by atoms with E-state index in [0.717, 1.165) is 25.7 Å². The van der Waals surface area contributed by atoms with E-state index in [9.17, 15) is 19.2 Å². The zero-order valence-electron chi connectivity index (χ0n) is 15.7. The van der Waals surface area contributed by atoms with Crippen LogP contribution in [0.4, 0.5) is 0 Å². The maximum absolute atomic E-state index is 11.5. The first-order valence-electron chi connectivity index (χ1n) is 9.12. The maximum atomic E-state index is 11.5. The normalized spacial score (nSPS) is 17.8. The van der Waals surface area contributed by atoms with Crippen LogP contribution in [0, 0.1) is 23.7 Å². The van der Waals surface area contributed by atoms with Crippen LogP contribution in [0.3, 0.4) is 0 Å². The van der Waals surface area contributed by atoms with Gasteiger partial charge in [0.1, 0.15) is 0 Å². The van der Waals surface area contributed by atoms with Crippen LogP contribution < -0.4 is 0 Å². The monoisotopic (exact) mass is 397 g/mol. The van der Waals surface area contributed by atoms with Crippen LogP contribution in [0.5, 0.6) is 0 Å². The molecule has 2 aliphatic carbocycles. The van der Waals surface area contributed by atoms with Gasteiger partial charge in [-0.2, -0.15) is 12.8 Å². The Labute approximate surface area is 162 Å². The fraction of sp³-hybridized carbons (Fsp3) is 0.700. The van der Waals surface area contributed by atoms with Crippen molar-refractivity contribution in [2.45, 2.75) is 79.1 Å². The van der Waals surface area contributed by atoms with Gasteiger partial charge in [-0.25, -0.2) is 11.8 Å². The van der Waals surface area contributed by atoms with Crippen molar-refractivity contribution >= 4 is 23.1 Å². The van der Waals surface area contributed by atoms with Gasteiger partial charge in [0.05, 0.1) is 0 Å². The first-order valence-corrected chi connectivity index (χ1v) is 9.12. The van der Waals surface area contributed by atoms with E-state index in [-0.39, 0.29) is 52.0 Å². The molecule has 0 aliphatic heterocycles. The van der Waals surface area contributed by atoms with Crippen molar-refractivity contribution in [2.75, 3.05) is 0 Å². The molecule has 0 saturated heterocycles. The summed E-state index contributed by atoms with van der Waals surface area (Å²) in [5, 5.41) is 0. The van der Waals surface area contributed by atoms with Crippen molar-refractivity contribution in [3.8, 4) is 0 Å². The molecule has 25 heavy (non-hydrogen) atoms. The van der Waals surface area contributed by atoms with Gasteiger partial charge in [-0.1, -0.05) is 53.4 Å². The van der Waals surface area contributed by atoms with Crippen LogP contribution in [0.25, 0.3) is 0 Å². The topological polar surface area (TPSA) is 68.3 Å². The third-order valence-corrected chi connectivity index (χ3v) is 4.48. The summed E-state index contributed by atoms with van der Waals surface area (Å²) in [4.78, 5) is 45.5. The molecule has 0 unspecified atom stereocenters. The SMILES string of the molecule is CC(C)C(=O)[C-]1CCCCC1=O.CC(C)C(=O)[C-]1CCCCC1=O.[Cu+2]. The average molecular weight is 398 g/mol. The van der Waals surface area contributed by atoms with Crippen LogP contribution in [-0.2, 0) is 36.2 Å². The quantitative estimate of drug-likeness (QED) is 0.533. The zero-order chi connectivity index (χ0) is 18.3. The van der Waals surface area contributed by atoms with Gasteiger partial charge >= 0.3 is 17.1 Å². The summed E-state index contributed by atoms with van der Waals surface area (Å²) in [5.74, 6) is 1.36. The molecule has 0 aromatic rings. The molecule has 2 rings (SSSR count). The third kappa shape index (κ3) is 7.37. The Kier molecular flexibility index (Phi) is 11.0. The first kappa shape index (κ1) is 23.9. The summed E-state index contributed by atoms with van der Waals surface area (Å²) in [6, 6.07) is 0. The standard InChI is InChI=1S/2C10H15O2.Cu/c2*1-7(2)10(12)8-5-3-4-6-9(8)11;/h2*7H,3-6H2,1-2H3;/q2*-1;+2. The van der Waals surface area contributed by atoms with Crippen molar-refractivity contribution in [3.05, 3.63) is 11.8 Å². The van der Waals surface area contributed by atoms with E-state index in [4.69, 9.17) is 0 Å². The molecule has 0 N–H and O–H groups in total. The van der Waals surface area contributed by atoms with Crippen molar-refractivity contribution in [1.82, 2.24) is 0 Å². The predicted molar refractivity (Wildman–Crippen MR) is 93.1 cm³/mol. The maximum Gasteiger partial charge on any atom is 2.00 e. The predicted octanol–water partition coefficient (Wildman–Crippen LogP) is 3.86. The minimum absolute atomic E-state index is 0. The van der Waals surface area contributed by atoms with Gasteiger partial charge in [-0.3, -0.25) is 0 Å². The van der Waals surface area contributed by atoms with Crippen LogP contribution >= 0.6 is 0 Å². The number of hydrogen-bond donors (Lipinski definition) is 0. The Morgan fingerprint density at radius 1 is 0.720 bits per heavy atom. The Morgan fingerprint density at radius 2 is 1.04 bits per heavy atom. The summed E-state index contributed by atoms with van der Waals surface area (Å²) in [6.07, 6.45) is 6.47. The Balaban J connectivity index is 0.000000443. The van der Waals surface area contributed by atoms with Gasteiger partial charge in [0.15, 0.2) is 0 Å². The molecule has 2 saturated carbocycles. The molecule has 1 radical (unpaired) electrons. The van der Waals surface area contributed by atoms with Gasteiger partial charge in [0, 0.05) is 23.1 Å². The average Bonchev–Trinajstić information content (AvgIpc) is 2.55. The summed E-state index contributed by atoms with van der Waals surface area (Å²) in [6.45, 7) is 7.38. The molecular weight excluding hydrogens is 368 g/mol. The Bertz CT molecular complexity index is 438. The molecule has 0 amide bonds. The molecule has 2 fully saturated rings. The second-order valence-corrected chi connectivity index (χ2v) is 7.26. The van der Waals surface area contributed by atoms with Gasteiger partial charge in [-0.05, 0) is 24.7 Å². The zero-order valence-corrected chi connectivity index (χ0v) is 16.7. The third-order valence-electron chi connectivity index (χ3n) is 4.48. The Morgan fingerprint density at radius 3 is 1.28 bits per heavy atom. The van der Waals surface area contributed by atoms with Crippen molar-refractivity contribution in [3.63, 3.8) is 0 Å². The number of ketones is 4. The summed E-state index contributed by atoms with van der Waals surface area (Å²) < 4.78 is 0. The number of hydrogen-bond acceptors (Lipinski definition) is 4. The minimum Gasteiger partial charge on any atom is -0.334 e.